The van der Waals surface area contributed by atoms with Crippen molar-refractivity contribution in [3.05, 3.63) is 23.9 Å². The Morgan fingerprint density at radius 3 is 2.94 bits per heavy atom. The molecule has 90 valence electrons. The van der Waals surface area contributed by atoms with E-state index >= 15 is 0 Å². The van der Waals surface area contributed by atoms with Crippen molar-refractivity contribution in [1.29, 1.82) is 0 Å². The Kier molecular flexibility index (Phi) is 5.22. The van der Waals surface area contributed by atoms with E-state index in [0.29, 0.717) is 5.88 Å². The van der Waals surface area contributed by atoms with E-state index < -0.39 is 0 Å². The number of pyridine rings is 1. The number of aromatic nitrogens is 1. The van der Waals surface area contributed by atoms with Crippen molar-refractivity contribution in [3.8, 4) is 5.88 Å². The lowest BCUT2D eigenvalue weighted by Gasteiger charge is -2.18. The van der Waals surface area contributed by atoms with Gasteiger partial charge in [0.05, 0.1) is 13.2 Å². The normalized spacial score (nSPS) is 12.8. The third-order valence-electron chi connectivity index (χ3n) is 2.41. The van der Waals surface area contributed by atoms with Crippen LogP contribution in [-0.4, -0.2) is 41.8 Å². The summed E-state index contributed by atoms with van der Waals surface area (Å²) in [5.74, 6) is 0.673. The Morgan fingerprint density at radius 2 is 2.31 bits per heavy atom. The second-order valence-corrected chi connectivity index (χ2v) is 4.05. The molecule has 0 radical (unpaired) electrons. The highest BCUT2D eigenvalue weighted by Gasteiger charge is 2.07. The first-order chi connectivity index (χ1) is 7.63. The van der Waals surface area contributed by atoms with Crippen LogP contribution < -0.4 is 4.74 Å². The number of aliphatic hydroxyl groups is 1. The fourth-order valence-corrected chi connectivity index (χ4v) is 1.51. The molecule has 1 N–H and O–H groups in total. The van der Waals surface area contributed by atoms with E-state index in [4.69, 9.17) is 4.74 Å². The molecule has 0 spiro atoms. The van der Waals surface area contributed by atoms with Crippen LogP contribution >= 0.6 is 0 Å². The number of rotatable bonds is 6. The molecule has 1 heterocycles. The first kappa shape index (κ1) is 12.9. The highest BCUT2D eigenvalue weighted by Crippen LogP contribution is 2.15. The van der Waals surface area contributed by atoms with E-state index in [1.807, 2.05) is 19.2 Å². The van der Waals surface area contributed by atoms with Crippen LogP contribution in [0.2, 0.25) is 0 Å². The smallest absolute Gasteiger partial charge is 0.217 e. The topological polar surface area (TPSA) is 45.6 Å². The van der Waals surface area contributed by atoms with Crippen molar-refractivity contribution in [1.82, 2.24) is 9.88 Å². The van der Waals surface area contributed by atoms with E-state index in [1.54, 1.807) is 20.2 Å². The van der Waals surface area contributed by atoms with Gasteiger partial charge in [-0.1, -0.05) is 6.07 Å². The van der Waals surface area contributed by atoms with Gasteiger partial charge in [0, 0.05) is 24.8 Å². The number of methoxy groups -OCH3 is 1. The minimum Gasteiger partial charge on any atom is -0.481 e. The molecule has 1 rings (SSSR count). The predicted molar refractivity (Wildman–Crippen MR) is 63.4 cm³/mol. The van der Waals surface area contributed by atoms with Gasteiger partial charge in [-0.25, -0.2) is 4.98 Å². The molecular formula is C12H20N2O2. The number of ether oxygens (including phenoxy) is 1. The molecule has 0 bridgehead atoms. The zero-order valence-corrected chi connectivity index (χ0v) is 10.2. The van der Waals surface area contributed by atoms with Gasteiger partial charge in [0.15, 0.2) is 0 Å². The molecule has 1 aromatic heterocycles. The first-order valence-electron chi connectivity index (χ1n) is 5.48. The summed E-state index contributed by atoms with van der Waals surface area (Å²) in [6.45, 7) is 3.44. The lowest BCUT2D eigenvalue weighted by Crippen LogP contribution is -2.22. The van der Waals surface area contributed by atoms with Crippen LogP contribution in [0.5, 0.6) is 5.88 Å². The van der Waals surface area contributed by atoms with E-state index in [1.165, 1.54) is 0 Å². The van der Waals surface area contributed by atoms with Gasteiger partial charge in [0.2, 0.25) is 5.88 Å². The Balaban J connectivity index is 2.51. The largest absolute Gasteiger partial charge is 0.481 e. The van der Waals surface area contributed by atoms with Crippen molar-refractivity contribution in [2.75, 3.05) is 20.7 Å². The fraction of sp³-hybridized carbons (Fsp3) is 0.583. The van der Waals surface area contributed by atoms with Crippen molar-refractivity contribution in [2.24, 2.45) is 0 Å². The van der Waals surface area contributed by atoms with Gasteiger partial charge >= 0.3 is 0 Å². The Hall–Kier alpha value is -1.13. The Morgan fingerprint density at radius 1 is 1.56 bits per heavy atom. The molecule has 4 heteroatoms. The van der Waals surface area contributed by atoms with Crippen LogP contribution in [0.4, 0.5) is 0 Å². The third kappa shape index (κ3) is 4.16. The summed E-state index contributed by atoms with van der Waals surface area (Å²) < 4.78 is 5.18. The summed E-state index contributed by atoms with van der Waals surface area (Å²) in [5.41, 5.74) is 1.07. The minimum absolute atomic E-state index is 0.252. The maximum absolute atomic E-state index is 9.20. The average molecular weight is 224 g/mol. The van der Waals surface area contributed by atoms with Crippen molar-refractivity contribution < 1.29 is 9.84 Å². The fourth-order valence-electron chi connectivity index (χ4n) is 1.51. The van der Waals surface area contributed by atoms with E-state index in [9.17, 15) is 5.11 Å². The third-order valence-corrected chi connectivity index (χ3v) is 2.41. The van der Waals surface area contributed by atoms with Crippen LogP contribution in [0.25, 0.3) is 0 Å². The first-order valence-corrected chi connectivity index (χ1v) is 5.48. The Bertz CT molecular complexity index is 316. The van der Waals surface area contributed by atoms with E-state index in [0.717, 1.165) is 25.1 Å². The maximum Gasteiger partial charge on any atom is 0.217 e. The van der Waals surface area contributed by atoms with Gasteiger partial charge in [-0.3, -0.25) is 0 Å². The van der Waals surface area contributed by atoms with Crippen molar-refractivity contribution in [2.45, 2.75) is 26.0 Å². The molecule has 0 aliphatic heterocycles. The highest BCUT2D eigenvalue weighted by molar-refractivity contribution is 5.24. The van der Waals surface area contributed by atoms with Gasteiger partial charge in [0.25, 0.3) is 0 Å². The van der Waals surface area contributed by atoms with Gasteiger partial charge < -0.3 is 14.7 Å². The molecule has 0 aromatic carbocycles. The zero-order valence-electron chi connectivity index (χ0n) is 10.2. The summed E-state index contributed by atoms with van der Waals surface area (Å²) in [5, 5.41) is 9.20. The number of aliphatic hydroxyl groups excluding tert-OH is 1. The number of hydrogen-bond acceptors (Lipinski definition) is 4. The molecule has 0 amide bonds. The van der Waals surface area contributed by atoms with Crippen LogP contribution in [0.15, 0.2) is 18.3 Å². The minimum atomic E-state index is -0.252. The van der Waals surface area contributed by atoms with Crippen LogP contribution in [0.1, 0.15) is 18.9 Å². The zero-order chi connectivity index (χ0) is 12.0. The molecule has 0 saturated carbocycles. The molecule has 0 aliphatic rings. The number of nitrogens with zero attached hydrogens (tertiary/aromatic N) is 2. The standard InChI is InChI=1S/C12H20N2O2/c1-10(15)6-8-14(2)9-11-5-4-7-13-12(11)16-3/h4-5,7,10,15H,6,8-9H2,1-3H3. The van der Waals surface area contributed by atoms with Gasteiger partial charge in [-0.2, -0.15) is 0 Å². The molecule has 16 heavy (non-hydrogen) atoms. The maximum atomic E-state index is 9.20. The second-order valence-electron chi connectivity index (χ2n) is 4.05. The highest BCUT2D eigenvalue weighted by atomic mass is 16.5. The van der Waals surface area contributed by atoms with Crippen LogP contribution in [-0.2, 0) is 6.54 Å². The summed E-state index contributed by atoms with van der Waals surface area (Å²) in [7, 11) is 3.65. The lowest BCUT2D eigenvalue weighted by atomic mass is 10.2. The summed E-state index contributed by atoms with van der Waals surface area (Å²) in [4.78, 5) is 6.29. The molecule has 0 aliphatic carbocycles. The molecule has 1 atom stereocenters. The van der Waals surface area contributed by atoms with Crippen molar-refractivity contribution >= 4 is 0 Å². The van der Waals surface area contributed by atoms with Crippen molar-refractivity contribution in [3.63, 3.8) is 0 Å². The van der Waals surface area contributed by atoms with E-state index in [-0.39, 0.29) is 6.10 Å². The van der Waals surface area contributed by atoms with Gasteiger partial charge in [-0.15, -0.1) is 0 Å². The SMILES string of the molecule is COc1ncccc1CN(C)CCC(C)O. The van der Waals surface area contributed by atoms with Gasteiger partial charge in [-0.05, 0) is 26.5 Å². The second kappa shape index (κ2) is 6.45. The average Bonchev–Trinajstić information content (AvgIpc) is 2.27. The molecule has 1 aromatic rings. The summed E-state index contributed by atoms with van der Waals surface area (Å²) in [6, 6.07) is 3.91. The molecule has 4 nitrogen and oxygen atoms in total. The molecule has 0 saturated heterocycles. The Labute approximate surface area is 96.9 Å². The molecule has 1 unspecified atom stereocenters. The van der Waals surface area contributed by atoms with Crippen LogP contribution in [0, 0.1) is 0 Å². The summed E-state index contributed by atoms with van der Waals surface area (Å²) in [6.07, 6.45) is 2.25. The quantitative estimate of drug-likeness (QED) is 0.791. The number of hydrogen-bond donors (Lipinski definition) is 1. The van der Waals surface area contributed by atoms with Gasteiger partial charge in [0.1, 0.15) is 0 Å². The molecular weight excluding hydrogens is 204 g/mol. The monoisotopic (exact) mass is 224 g/mol. The summed E-state index contributed by atoms with van der Waals surface area (Å²) >= 11 is 0. The lowest BCUT2D eigenvalue weighted by molar-refractivity contribution is 0.162. The predicted octanol–water partition coefficient (Wildman–Crippen LogP) is 1.29. The van der Waals surface area contributed by atoms with Crippen LogP contribution in [0.3, 0.4) is 0 Å². The van der Waals surface area contributed by atoms with E-state index in [2.05, 4.69) is 9.88 Å². The molecule has 0 fully saturated rings.